The standard InChI is InChI=1S/C20H16O3.C3H4O/c1-3-20(21)23-19-10-9-16-11-15(7-8-17(16)13-19)14-5-4-6-18(12-14)22-2;1-2-3-4/h3-13H,1H2,2H3;2-3H,1H2. The summed E-state index contributed by atoms with van der Waals surface area (Å²) in [6.07, 6.45) is 2.98. The van der Waals surface area contributed by atoms with E-state index in [4.69, 9.17) is 14.3 Å². The second-order valence-electron chi connectivity index (χ2n) is 5.45. The van der Waals surface area contributed by atoms with Crippen LogP contribution in [0.2, 0.25) is 0 Å². The molecule has 0 saturated heterocycles. The molecule has 3 aromatic rings. The number of methoxy groups -OCH3 is 1. The van der Waals surface area contributed by atoms with Crippen LogP contribution in [-0.2, 0) is 9.59 Å². The summed E-state index contributed by atoms with van der Waals surface area (Å²) in [5.74, 6) is 0.878. The summed E-state index contributed by atoms with van der Waals surface area (Å²) in [5, 5.41) is 2.08. The van der Waals surface area contributed by atoms with E-state index in [2.05, 4.69) is 19.2 Å². The highest BCUT2D eigenvalue weighted by atomic mass is 16.5. The Balaban J connectivity index is 0.000000596. The lowest BCUT2D eigenvalue weighted by Gasteiger charge is -2.08. The average Bonchev–Trinajstić information content (AvgIpc) is 2.73. The molecule has 27 heavy (non-hydrogen) atoms. The van der Waals surface area contributed by atoms with E-state index in [9.17, 15) is 4.79 Å². The molecule has 0 aliphatic carbocycles. The highest BCUT2D eigenvalue weighted by molar-refractivity contribution is 5.90. The molecule has 0 radical (unpaired) electrons. The molecule has 0 aromatic heterocycles. The van der Waals surface area contributed by atoms with Crippen LogP contribution in [-0.4, -0.2) is 19.4 Å². The van der Waals surface area contributed by atoms with Gasteiger partial charge in [-0.2, -0.15) is 0 Å². The van der Waals surface area contributed by atoms with Crippen molar-refractivity contribution in [3.8, 4) is 22.6 Å². The molecule has 4 nitrogen and oxygen atoms in total. The lowest BCUT2D eigenvalue weighted by molar-refractivity contribution is -0.128. The minimum Gasteiger partial charge on any atom is -0.497 e. The molecule has 3 rings (SSSR count). The van der Waals surface area contributed by atoms with Gasteiger partial charge in [0, 0.05) is 6.08 Å². The van der Waals surface area contributed by atoms with Gasteiger partial charge < -0.3 is 9.47 Å². The van der Waals surface area contributed by atoms with E-state index in [1.807, 2.05) is 48.5 Å². The van der Waals surface area contributed by atoms with Crippen molar-refractivity contribution in [2.75, 3.05) is 7.11 Å². The second kappa shape index (κ2) is 9.73. The van der Waals surface area contributed by atoms with Gasteiger partial charge in [-0.25, -0.2) is 4.79 Å². The van der Waals surface area contributed by atoms with Crippen LogP contribution in [0.1, 0.15) is 0 Å². The normalized spacial score (nSPS) is 9.52. The number of ether oxygens (including phenoxy) is 2. The quantitative estimate of drug-likeness (QED) is 0.279. The zero-order valence-electron chi connectivity index (χ0n) is 15.1. The highest BCUT2D eigenvalue weighted by Crippen LogP contribution is 2.29. The first-order chi connectivity index (χ1) is 13.1. The van der Waals surface area contributed by atoms with Gasteiger partial charge >= 0.3 is 5.97 Å². The largest absolute Gasteiger partial charge is 0.497 e. The first kappa shape index (κ1) is 19.7. The summed E-state index contributed by atoms with van der Waals surface area (Å²) in [6, 6.07) is 19.6. The third kappa shape index (κ3) is 5.41. The van der Waals surface area contributed by atoms with E-state index in [0.717, 1.165) is 33.7 Å². The van der Waals surface area contributed by atoms with Gasteiger partial charge in [-0.15, -0.1) is 0 Å². The van der Waals surface area contributed by atoms with Crippen LogP contribution in [0, 0.1) is 0 Å². The Morgan fingerprint density at radius 1 is 0.889 bits per heavy atom. The fourth-order valence-electron chi connectivity index (χ4n) is 2.43. The third-order valence-electron chi connectivity index (χ3n) is 3.70. The topological polar surface area (TPSA) is 52.6 Å². The predicted molar refractivity (Wildman–Crippen MR) is 108 cm³/mol. The maximum atomic E-state index is 11.3. The number of aldehydes is 1. The Labute approximate surface area is 158 Å². The molecule has 0 heterocycles. The smallest absolute Gasteiger partial charge is 0.335 e. The molecule has 4 heteroatoms. The van der Waals surface area contributed by atoms with E-state index < -0.39 is 5.97 Å². The molecule has 136 valence electrons. The number of esters is 1. The van der Waals surface area contributed by atoms with E-state index >= 15 is 0 Å². The number of carbonyl (C=O) groups is 2. The van der Waals surface area contributed by atoms with Gasteiger partial charge in [-0.3, -0.25) is 4.79 Å². The lowest BCUT2D eigenvalue weighted by atomic mass is 10.0. The molecule has 0 N–H and O–H groups in total. The van der Waals surface area contributed by atoms with Crippen LogP contribution >= 0.6 is 0 Å². The van der Waals surface area contributed by atoms with Crippen molar-refractivity contribution in [2.24, 2.45) is 0 Å². The Kier molecular flexibility index (Phi) is 7.08. The summed E-state index contributed by atoms with van der Waals surface area (Å²) in [6.45, 7) is 6.50. The Morgan fingerprint density at radius 2 is 1.56 bits per heavy atom. The zero-order chi connectivity index (χ0) is 19.6. The number of allylic oxidation sites excluding steroid dienone is 1. The third-order valence-corrected chi connectivity index (χ3v) is 3.70. The molecule has 0 aliphatic rings. The van der Waals surface area contributed by atoms with Crippen LogP contribution in [0.3, 0.4) is 0 Å². The average molecular weight is 360 g/mol. The molecule has 0 amide bonds. The van der Waals surface area contributed by atoms with Gasteiger partial charge in [0.25, 0.3) is 0 Å². The van der Waals surface area contributed by atoms with Crippen molar-refractivity contribution < 1.29 is 19.1 Å². The summed E-state index contributed by atoms with van der Waals surface area (Å²) in [4.78, 5) is 20.3. The van der Waals surface area contributed by atoms with Crippen LogP contribution < -0.4 is 9.47 Å². The van der Waals surface area contributed by atoms with Crippen molar-refractivity contribution in [3.63, 3.8) is 0 Å². The fourth-order valence-corrected chi connectivity index (χ4v) is 2.43. The molecule has 0 saturated carbocycles. The number of fused-ring (bicyclic) bond motifs is 1. The van der Waals surface area contributed by atoms with Gasteiger partial charge in [0.2, 0.25) is 0 Å². The maximum Gasteiger partial charge on any atom is 0.335 e. The van der Waals surface area contributed by atoms with Crippen LogP contribution in [0.25, 0.3) is 21.9 Å². The van der Waals surface area contributed by atoms with Crippen molar-refractivity contribution in [1.82, 2.24) is 0 Å². The van der Waals surface area contributed by atoms with Crippen LogP contribution in [0.4, 0.5) is 0 Å². The summed E-state index contributed by atoms with van der Waals surface area (Å²) < 4.78 is 10.4. The Bertz CT molecular complexity index is 967. The Morgan fingerprint density at radius 3 is 2.22 bits per heavy atom. The predicted octanol–water partition coefficient (Wildman–Crippen LogP) is 4.98. The van der Waals surface area contributed by atoms with E-state index in [-0.39, 0.29) is 0 Å². The molecule has 0 atom stereocenters. The number of benzene rings is 3. The second-order valence-corrected chi connectivity index (χ2v) is 5.45. The molecular weight excluding hydrogens is 340 g/mol. The fraction of sp³-hybridized carbons (Fsp3) is 0.0435. The van der Waals surface area contributed by atoms with Gasteiger partial charge in [0.15, 0.2) is 0 Å². The van der Waals surface area contributed by atoms with E-state index in [1.165, 1.54) is 6.08 Å². The highest BCUT2D eigenvalue weighted by Gasteiger charge is 2.04. The summed E-state index contributed by atoms with van der Waals surface area (Å²) in [7, 11) is 1.66. The lowest BCUT2D eigenvalue weighted by Crippen LogP contribution is -2.02. The Hall–Kier alpha value is -3.66. The minimum atomic E-state index is -0.461. The number of hydrogen-bond donors (Lipinski definition) is 0. The number of carbonyl (C=O) groups excluding carboxylic acids is 2. The molecule has 0 fully saturated rings. The maximum absolute atomic E-state index is 11.3. The van der Waals surface area contributed by atoms with Crippen molar-refractivity contribution in [1.29, 1.82) is 0 Å². The summed E-state index contributed by atoms with van der Waals surface area (Å²) >= 11 is 0. The molecule has 0 aliphatic heterocycles. The van der Waals surface area contributed by atoms with Gasteiger partial charge in [0.1, 0.15) is 17.8 Å². The van der Waals surface area contributed by atoms with Gasteiger partial charge in [-0.1, -0.05) is 43.5 Å². The molecule has 3 aromatic carbocycles. The van der Waals surface area contributed by atoms with Gasteiger partial charge in [0.05, 0.1) is 7.11 Å². The van der Waals surface area contributed by atoms with Crippen molar-refractivity contribution in [2.45, 2.75) is 0 Å². The summed E-state index contributed by atoms with van der Waals surface area (Å²) in [5.41, 5.74) is 2.20. The van der Waals surface area contributed by atoms with Crippen molar-refractivity contribution >= 4 is 23.0 Å². The molecule has 0 bridgehead atoms. The number of rotatable bonds is 5. The van der Waals surface area contributed by atoms with Crippen LogP contribution in [0.15, 0.2) is 86.0 Å². The molecule has 0 unspecified atom stereocenters. The number of hydrogen-bond acceptors (Lipinski definition) is 4. The van der Waals surface area contributed by atoms with E-state index in [1.54, 1.807) is 13.2 Å². The molecular formula is C23H20O4. The van der Waals surface area contributed by atoms with E-state index in [0.29, 0.717) is 12.0 Å². The van der Waals surface area contributed by atoms with Crippen LogP contribution in [0.5, 0.6) is 11.5 Å². The SMILES string of the molecule is C=CC(=O)Oc1ccc2cc(-c3cccc(OC)c3)ccc2c1.C=CC=O. The zero-order valence-corrected chi connectivity index (χ0v) is 15.1. The molecule has 0 spiro atoms. The first-order valence-corrected chi connectivity index (χ1v) is 8.20. The van der Waals surface area contributed by atoms with Crippen molar-refractivity contribution in [3.05, 3.63) is 86.0 Å². The monoisotopic (exact) mass is 360 g/mol. The first-order valence-electron chi connectivity index (χ1n) is 8.20. The van der Waals surface area contributed by atoms with Gasteiger partial charge in [-0.05, 0) is 58.3 Å². The minimum absolute atomic E-state index is 0.461.